The van der Waals surface area contributed by atoms with Crippen molar-refractivity contribution in [3.05, 3.63) is 11.1 Å². The van der Waals surface area contributed by atoms with E-state index in [1.165, 1.54) is 25.0 Å². The van der Waals surface area contributed by atoms with Gasteiger partial charge < -0.3 is 0 Å². The van der Waals surface area contributed by atoms with Gasteiger partial charge in [-0.3, -0.25) is 4.99 Å². The lowest BCUT2D eigenvalue weighted by Crippen LogP contribution is -1.89. The SMILES string of the molecule is CC1=NCC2=C1CCC2. The molecule has 0 fully saturated rings. The first kappa shape index (κ1) is 5.21. The summed E-state index contributed by atoms with van der Waals surface area (Å²) in [6.45, 7) is 3.15. The van der Waals surface area contributed by atoms with Crippen molar-refractivity contribution in [2.45, 2.75) is 26.2 Å². The Kier molecular flexibility index (Phi) is 0.981. The van der Waals surface area contributed by atoms with Gasteiger partial charge in [0.25, 0.3) is 0 Å². The van der Waals surface area contributed by atoms with E-state index in [4.69, 9.17) is 0 Å². The van der Waals surface area contributed by atoms with E-state index in [0.717, 1.165) is 6.54 Å². The Morgan fingerprint density at radius 2 is 2.22 bits per heavy atom. The van der Waals surface area contributed by atoms with E-state index in [2.05, 4.69) is 11.9 Å². The predicted molar refractivity (Wildman–Crippen MR) is 38.9 cm³/mol. The van der Waals surface area contributed by atoms with Crippen LogP contribution in [0.15, 0.2) is 16.1 Å². The summed E-state index contributed by atoms with van der Waals surface area (Å²) in [7, 11) is 0. The van der Waals surface area contributed by atoms with Crippen molar-refractivity contribution in [3.8, 4) is 0 Å². The molecule has 0 aromatic carbocycles. The van der Waals surface area contributed by atoms with Crippen LogP contribution in [0.25, 0.3) is 0 Å². The third-order valence-corrected chi connectivity index (χ3v) is 2.28. The van der Waals surface area contributed by atoms with Gasteiger partial charge in [0, 0.05) is 5.71 Å². The minimum absolute atomic E-state index is 1.02. The first-order chi connectivity index (χ1) is 4.38. The Balaban J connectivity index is 2.35. The Hall–Kier alpha value is -0.590. The van der Waals surface area contributed by atoms with Crippen molar-refractivity contribution in [3.63, 3.8) is 0 Å². The molecule has 0 bridgehead atoms. The Morgan fingerprint density at radius 3 is 3.00 bits per heavy atom. The highest BCUT2D eigenvalue weighted by Crippen LogP contribution is 2.30. The van der Waals surface area contributed by atoms with Crippen LogP contribution in [0.1, 0.15) is 26.2 Å². The Bertz CT molecular complexity index is 199. The monoisotopic (exact) mass is 121 g/mol. The fourth-order valence-electron chi connectivity index (χ4n) is 1.73. The van der Waals surface area contributed by atoms with Crippen molar-refractivity contribution in [1.82, 2.24) is 0 Å². The third-order valence-electron chi connectivity index (χ3n) is 2.28. The maximum absolute atomic E-state index is 4.36. The van der Waals surface area contributed by atoms with Gasteiger partial charge in [-0.25, -0.2) is 0 Å². The molecule has 2 rings (SSSR count). The summed E-state index contributed by atoms with van der Waals surface area (Å²) in [5.74, 6) is 0. The average molecular weight is 121 g/mol. The molecule has 9 heavy (non-hydrogen) atoms. The molecular formula is C8H11N. The molecule has 0 spiro atoms. The highest BCUT2D eigenvalue weighted by atomic mass is 14.8. The normalized spacial score (nSPS) is 24.8. The number of hydrogen-bond acceptors (Lipinski definition) is 1. The lowest BCUT2D eigenvalue weighted by molar-refractivity contribution is 0.879. The van der Waals surface area contributed by atoms with Crippen LogP contribution < -0.4 is 0 Å². The topological polar surface area (TPSA) is 12.4 Å². The zero-order valence-electron chi connectivity index (χ0n) is 5.78. The summed E-state index contributed by atoms with van der Waals surface area (Å²) in [5.41, 5.74) is 4.50. The minimum Gasteiger partial charge on any atom is -0.285 e. The number of hydrogen-bond donors (Lipinski definition) is 0. The van der Waals surface area contributed by atoms with Crippen molar-refractivity contribution in [1.29, 1.82) is 0 Å². The molecule has 0 atom stereocenters. The molecule has 0 saturated carbocycles. The van der Waals surface area contributed by atoms with E-state index in [9.17, 15) is 0 Å². The second kappa shape index (κ2) is 1.69. The van der Waals surface area contributed by atoms with Crippen molar-refractivity contribution < 1.29 is 0 Å². The molecular weight excluding hydrogens is 110 g/mol. The maximum atomic E-state index is 4.36. The second-order valence-corrected chi connectivity index (χ2v) is 2.84. The largest absolute Gasteiger partial charge is 0.285 e. The Morgan fingerprint density at radius 1 is 1.33 bits per heavy atom. The summed E-state index contributed by atoms with van der Waals surface area (Å²) >= 11 is 0. The summed E-state index contributed by atoms with van der Waals surface area (Å²) in [4.78, 5) is 4.36. The van der Waals surface area contributed by atoms with Gasteiger partial charge in [0.2, 0.25) is 0 Å². The van der Waals surface area contributed by atoms with Crippen LogP contribution in [-0.4, -0.2) is 12.3 Å². The highest BCUT2D eigenvalue weighted by molar-refractivity contribution is 6.01. The molecule has 1 aliphatic heterocycles. The van der Waals surface area contributed by atoms with Crippen LogP contribution >= 0.6 is 0 Å². The van der Waals surface area contributed by atoms with Gasteiger partial charge in [0.1, 0.15) is 0 Å². The van der Waals surface area contributed by atoms with Crippen LogP contribution in [0.3, 0.4) is 0 Å². The molecule has 0 aromatic heterocycles. The van der Waals surface area contributed by atoms with E-state index in [1.807, 2.05) is 0 Å². The van der Waals surface area contributed by atoms with Gasteiger partial charge in [0.15, 0.2) is 0 Å². The minimum atomic E-state index is 1.02. The zero-order valence-corrected chi connectivity index (χ0v) is 5.78. The van der Waals surface area contributed by atoms with Gasteiger partial charge in [-0.15, -0.1) is 0 Å². The number of rotatable bonds is 0. The van der Waals surface area contributed by atoms with E-state index < -0.39 is 0 Å². The van der Waals surface area contributed by atoms with Crippen LogP contribution in [0.4, 0.5) is 0 Å². The van der Waals surface area contributed by atoms with Gasteiger partial charge in [-0.05, 0) is 37.3 Å². The molecule has 0 N–H and O–H groups in total. The predicted octanol–water partition coefficient (Wildman–Crippen LogP) is 1.94. The molecule has 48 valence electrons. The van der Waals surface area contributed by atoms with E-state index in [0.29, 0.717) is 0 Å². The highest BCUT2D eigenvalue weighted by Gasteiger charge is 2.19. The number of nitrogens with zero attached hydrogens (tertiary/aromatic N) is 1. The standard InChI is InChI=1S/C8H11N/c1-6-8-4-2-3-7(8)5-9-6/h2-5H2,1H3. The number of allylic oxidation sites excluding steroid dienone is 1. The second-order valence-electron chi connectivity index (χ2n) is 2.84. The quantitative estimate of drug-likeness (QED) is 0.464. The molecule has 0 aromatic rings. The summed E-state index contributed by atoms with van der Waals surface area (Å²) in [6.07, 6.45) is 3.98. The van der Waals surface area contributed by atoms with E-state index in [-0.39, 0.29) is 0 Å². The molecule has 1 heterocycles. The van der Waals surface area contributed by atoms with Gasteiger partial charge in [-0.1, -0.05) is 0 Å². The molecule has 2 aliphatic rings. The van der Waals surface area contributed by atoms with E-state index >= 15 is 0 Å². The smallest absolute Gasteiger partial charge is 0.0609 e. The summed E-state index contributed by atoms with van der Waals surface area (Å²) in [5, 5.41) is 0. The van der Waals surface area contributed by atoms with Crippen molar-refractivity contribution in [2.24, 2.45) is 4.99 Å². The first-order valence-electron chi connectivity index (χ1n) is 3.60. The molecule has 0 unspecified atom stereocenters. The van der Waals surface area contributed by atoms with Gasteiger partial charge in [0.05, 0.1) is 6.54 Å². The fourth-order valence-corrected chi connectivity index (χ4v) is 1.73. The molecule has 0 amide bonds. The van der Waals surface area contributed by atoms with E-state index in [1.54, 1.807) is 11.1 Å². The molecule has 0 saturated heterocycles. The van der Waals surface area contributed by atoms with Crippen LogP contribution in [-0.2, 0) is 0 Å². The lowest BCUT2D eigenvalue weighted by atomic mass is 10.1. The lowest BCUT2D eigenvalue weighted by Gasteiger charge is -1.92. The van der Waals surface area contributed by atoms with Crippen LogP contribution in [0.2, 0.25) is 0 Å². The van der Waals surface area contributed by atoms with Gasteiger partial charge >= 0.3 is 0 Å². The van der Waals surface area contributed by atoms with Crippen molar-refractivity contribution >= 4 is 5.71 Å². The average Bonchev–Trinajstić information content (AvgIpc) is 2.35. The van der Waals surface area contributed by atoms with Crippen LogP contribution in [0, 0.1) is 0 Å². The molecule has 0 radical (unpaired) electrons. The van der Waals surface area contributed by atoms with Crippen molar-refractivity contribution in [2.75, 3.05) is 6.54 Å². The molecule has 1 heteroatoms. The number of aliphatic imine (C=N–C) groups is 1. The maximum Gasteiger partial charge on any atom is 0.0609 e. The van der Waals surface area contributed by atoms with Crippen LogP contribution in [0.5, 0.6) is 0 Å². The summed E-state index contributed by atoms with van der Waals surface area (Å²) in [6, 6.07) is 0. The Labute approximate surface area is 55.5 Å². The fraction of sp³-hybridized carbons (Fsp3) is 0.625. The first-order valence-corrected chi connectivity index (χ1v) is 3.60. The van der Waals surface area contributed by atoms with Gasteiger partial charge in [-0.2, -0.15) is 0 Å². The third kappa shape index (κ3) is 0.640. The zero-order chi connectivity index (χ0) is 6.27. The summed E-state index contributed by atoms with van der Waals surface area (Å²) < 4.78 is 0. The molecule has 1 aliphatic carbocycles. The molecule has 1 nitrogen and oxygen atoms in total.